The Morgan fingerprint density at radius 3 is 3.06 bits per heavy atom. The van der Waals surface area contributed by atoms with Gasteiger partial charge in [0.1, 0.15) is 6.07 Å². The Labute approximate surface area is 96.5 Å². The highest BCUT2D eigenvalue weighted by Gasteiger charge is 2.12. The monoisotopic (exact) mass is 215 g/mol. The van der Waals surface area contributed by atoms with E-state index in [0.29, 0.717) is 6.04 Å². The summed E-state index contributed by atoms with van der Waals surface area (Å²) in [6, 6.07) is 10.5. The van der Waals surface area contributed by atoms with Gasteiger partial charge in [0, 0.05) is 12.6 Å². The van der Waals surface area contributed by atoms with Gasteiger partial charge in [0.2, 0.25) is 0 Å². The fraction of sp³-hybridized carbons (Fsp3) is 0.462. The molecule has 1 saturated heterocycles. The summed E-state index contributed by atoms with van der Waals surface area (Å²) in [7, 11) is 0. The van der Waals surface area contributed by atoms with Crippen LogP contribution in [-0.2, 0) is 0 Å². The summed E-state index contributed by atoms with van der Waals surface area (Å²) in [6.45, 7) is 2.08. The SMILES string of the molecule is N#Cc1ccccc1NCC[C@@H]1CCCN1. The molecule has 1 aromatic rings. The van der Waals surface area contributed by atoms with Crippen molar-refractivity contribution in [3.63, 3.8) is 0 Å². The molecule has 3 heteroatoms. The summed E-state index contributed by atoms with van der Waals surface area (Å²) < 4.78 is 0. The van der Waals surface area contributed by atoms with E-state index < -0.39 is 0 Å². The van der Waals surface area contributed by atoms with Gasteiger partial charge >= 0.3 is 0 Å². The molecule has 0 amide bonds. The van der Waals surface area contributed by atoms with Crippen molar-refractivity contribution in [2.24, 2.45) is 0 Å². The highest BCUT2D eigenvalue weighted by molar-refractivity contribution is 5.56. The lowest BCUT2D eigenvalue weighted by Crippen LogP contribution is -2.24. The van der Waals surface area contributed by atoms with Gasteiger partial charge in [0.25, 0.3) is 0 Å². The molecule has 16 heavy (non-hydrogen) atoms. The summed E-state index contributed by atoms with van der Waals surface area (Å²) in [4.78, 5) is 0. The molecule has 1 aliphatic rings. The van der Waals surface area contributed by atoms with E-state index in [1.807, 2.05) is 24.3 Å². The van der Waals surface area contributed by atoms with E-state index in [-0.39, 0.29) is 0 Å². The van der Waals surface area contributed by atoms with Crippen molar-refractivity contribution >= 4 is 5.69 Å². The Kier molecular flexibility index (Phi) is 3.79. The molecule has 0 spiro atoms. The van der Waals surface area contributed by atoms with E-state index in [9.17, 15) is 0 Å². The third kappa shape index (κ3) is 2.74. The fourth-order valence-electron chi connectivity index (χ4n) is 2.12. The Hall–Kier alpha value is -1.53. The molecule has 0 unspecified atom stereocenters. The lowest BCUT2D eigenvalue weighted by Gasteiger charge is -2.12. The van der Waals surface area contributed by atoms with Gasteiger partial charge in [-0.2, -0.15) is 5.26 Å². The van der Waals surface area contributed by atoms with Gasteiger partial charge in [-0.05, 0) is 37.9 Å². The molecule has 1 aromatic carbocycles. The van der Waals surface area contributed by atoms with Crippen LogP contribution in [0.15, 0.2) is 24.3 Å². The first-order chi connectivity index (χ1) is 7.90. The summed E-state index contributed by atoms with van der Waals surface area (Å²) in [5.74, 6) is 0. The van der Waals surface area contributed by atoms with Crippen LogP contribution in [0.25, 0.3) is 0 Å². The minimum Gasteiger partial charge on any atom is -0.384 e. The first-order valence-electron chi connectivity index (χ1n) is 5.86. The van der Waals surface area contributed by atoms with E-state index in [4.69, 9.17) is 5.26 Å². The van der Waals surface area contributed by atoms with Gasteiger partial charge in [0.15, 0.2) is 0 Å². The molecule has 1 fully saturated rings. The van der Waals surface area contributed by atoms with Crippen molar-refractivity contribution in [2.75, 3.05) is 18.4 Å². The van der Waals surface area contributed by atoms with Gasteiger partial charge in [-0.1, -0.05) is 12.1 Å². The molecular formula is C13H17N3. The van der Waals surface area contributed by atoms with Crippen LogP contribution < -0.4 is 10.6 Å². The van der Waals surface area contributed by atoms with Crippen molar-refractivity contribution in [1.29, 1.82) is 5.26 Å². The smallest absolute Gasteiger partial charge is 0.101 e. The first-order valence-corrected chi connectivity index (χ1v) is 5.86. The molecule has 1 heterocycles. The number of nitrogens with one attached hydrogen (secondary N) is 2. The molecule has 3 nitrogen and oxygen atoms in total. The maximum Gasteiger partial charge on any atom is 0.101 e. The van der Waals surface area contributed by atoms with E-state index in [1.165, 1.54) is 12.8 Å². The van der Waals surface area contributed by atoms with E-state index in [2.05, 4.69) is 16.7 Å². The average Bonchev–Trinajstić information content (AvgIpc) is 2.83. The molecule has 1 atom stereocenters. The lowest BCUT2D eigenvalue weighted by molar-refractivity contribution is 0.574. The van der Waals surface area contributed by atoms with Gasteiger partial charge in [-0.25, -0.2) is 0 Å². The quantitative estimate of drug-likeness (QED) is 0.808. The summed E-state index contributed by atoms with van der Waals surface area (Å²) in [5.41, 5.74) is 1.67. The van der Waals surface area contributed by atoms with Crippen LogP contribution in [0.3, 0.4) is 0 Å². The van der Waals surface area contributed by atoms with Gasteiger partial charge in [0.05, 0.1) is 11.3 Å². The van der Waals surface area contributed by atoms with Crippen molar-refractivity contribution in [2.45, 2.75) is 25.3 Å². The molecule has 2 rings (SSSR count). The van der Waals surface area contributed by atoms with Crippen LogP contribution in [0, 0.1) is 11.3 Å². The second kappa shape index (κ2) is 5.53. The number of hydrogen-bond acceptors (Lipinski definition) is 3. The third-order valence-electron chi connectivity index (χ3n) is 3.02. The number of para-hydroxylation sites is 1. The van der Waals surface area contributed by atoms with E-state index >= 15 is 0 Å². The number of hydrogen-bond donors (Lipinski definition) is 2. The van der Waals surface area contributed by atoms with Crippen molar-refractivity contribution < 1.29 is 0 Å². The average molecular weight is 215 g/mol. The minimum absolute atomic E-state index is 0.654. The Morgan fingerprint density at radius 1 is 1.44 bits per heavy atom. The summed E-state index contributed by atoms with van der Waals surface area (Å²) in [6.07, 6.45) is 3.70. The second-order valence-corrected chi connectivity index (χ2v) is 4.17. The van der Waals surface area contributed by atoms with Gasteiger partial charge in [-0.15, -0.1) is 0 Å². The lowest BCUT2D eigenvalue weighted by atomic mass is 10.1. The van der Waals surface area contributed by atoms with Crippen LogP contribution in [0.5, 0.6) is 0 Å². The zero-order chi connectivity index (χ0) is 11.2. The predicted molar refractivity (Wildman–Crippen MR) is 65.3 cm³/mol. The van der Waals surface area contributed by atoms with Gasteiger partial charge < -0.3 is 10.6 Å². The molecule has 0 saturated carbocycles. The topological polar surface area (TPSA) is 47.9 Å². The van der Waals surface area contributed by atoms with Gasteiger partial charge in [-0.3, -0.25) is 0 Å². The molecule has 0 aliphatic carbocycles. The minimum atomic E-state index is 0.654. The molecule has 84 valence electrons. The number of benzene rings is 1. The Balaban J connectivity index is 1.82. The molecular weight excluding hydrogens is 198 g/mol. The first kappa shape index (κ1) is 11.0. The maximum absolute atomic E-state index is 8.93. The summed E-state index contributed by atoms with van der Waals surface area (Å²) >= 11 is 0. The van der Waals surface area contributed by atoms with Crippen LogP contribution in [0.2, 0.25) is 0 Å². The highest BCUT2D eigenvalue weighted by Crippen LogP contribution is 2.14. The van der Waals surface area contributed by atoms with Crippen molar-refractivity contribution in [3.8, 4) is 6.07 Å². The molecule has 0 radical (unpaired) electrons. The van der Waals surface area contributed by atoms with E-state index in [1.54, 1.807) is 0 Å². The normalized spacial score (nSPS) is 19.3. The molecule has 2 N–H and O–H groups in total. The largest absolute Gasteiger partial charge is 0.384 e. The molecule has 1 aliphatic heterocycles. The zero-order valence-corrected chi connectivity index (χ0v) is 9.37. The Morgan fingerprint density at radius 2 is 2.31 bits per heavy atom. The van der Waals surface area contributed by atoms with Crippen LogP contribution in [0.4, 0.5) is 5.69 Å². The van der Waals surface area contributed by atoms with E-state index in [0.717, 1.165) is 30.8 Å². The second-order valence-electron chi connectivity index (χ2n) is 4.17. The predicted octanol–water partition coefficient (Wildman–Crippen LogP) is 2.11. The number of nitriles is 1. The maximum atomic E-state index is 8.93. The number of nitrogens with zero attached hydrogens (tertiary/aromatic N) is 1. The number of anilines is 1. The summed E-state index contributed by atoms with van der Waals surface area (Å²) in [5, 5.41) is 15.7. The number of rotatable bonds is 4. The van der Waals surface area contributed by atoms with Crippen LogP contribution >= 0.6 is 0 Å². The molecule has 0 aromatic heterocycles. The van der Waals surface area contributed by atoms with Crippen molar-refractivity contribution in [3.05, 3.63) is 29.8 Å². The van der Waals surface area contributed by atoms with Crippen LogP contribution in [-0.4, -0.2) is 19.1 Å². The zero-order valence-electron chi connectivity index (χ0n) is 9.37. The fourth-order valence-corrected chi connectivity index (χ4v) is 2.12. The Bertz CT molecular complexity index is 375. The van der Waals surface area contributed by atoms with Crippen LogP contribution in [0.1, 0.15) is 24.8 Å². The molecule has 0 bridgehead atoms. The third-order valence-corrected chi connectivity index (χ3v) is 3.02. The highest BCUT2D eigenvalue weighted by atomic mass is 14.9. The standard InChI is InChI=1S/C13H17N3/c14-10-11-4-1-2-6-13(11)16-9-7-12-5-3-8-15-12/h1-2,4,6,12,15-16H,3,5,7-9H2/t12-/m0/s1. The van der Waals surface area contributed by atoms with Crippen molar-refractivity contribution in [1.82, 2.24) is 5.32 Å².